The van der Waals surface area contributed by atoms with Crippen molar-refractivity contribution in [1.82, 2.24) is 0 Å². The lowest BCUT2D eigenvalue weighted by Crippen LogP contribution is -2.06. The van der Waals surface area contributed by atoms with Crippen LogP contribution in [-0.4, -0.2) is 26.2 Å². The van der Waals surface area contributed by atoms with Gasteiger partial charge in [0, 0.05) is 9.79 Å². The van der Waals surface area contributed by atoms with Crippen molar-refractivity contribution in [3.8, 4) is 0 Å². The summed E-state index contributed by atoms with van der Waals surface area (Å²) in [6, 6.07) is 19.7. The molecule has 0 saturated heterocycles. The lowest BCUT2D eigenvalue weighted by atomic mass is 10.0. The molecule has 5 heteroatoms. The van der Waals surface area contributed by atoms with Crippen molar-refractivity contribution >= 4 is 45.2 Å². The summed E-state index contributed by atoms with van der Waals surface area (Å²) in [5.74, 6) is -0.731. The Morgan fingerprint density at radius 2 is 1.06 bits per heavy atom. The normalized spacial score (nSPS) is 11.0. The first-order valence-corrected chi connectivity index (χ1v) is 10.7. The van der Waals surface area contributed by atoms with E-state index in [0.717, 1.165) is 42.5 Å². The minimum Gasteiger partial charge on any atom is -0.465 e. The van der Waals surface area contributed by atoms with Crippen LogP contribution < -0.4 is 0 Å². The van der Waals surface area contributed by atoms with Crippen LogP contribution in [0.4, 0.5) is 0 Å². The summed E-state index contributed by atoms with van der Waals surface area (Å²) >= 11 is 1.57. The molecule has 0 aliphatic heterocycles. The second kappa shape index (κ2) is 8.44. The van der Waals surface area contributed by atoms with Gasteiger partial charge < -0.3 is 9.47 Å². The molecule has 0 radical (unpaired) electrons. The zero-order chi connectivity index (χ0) is 22.1. The molecule has 0 saturated carbocycles. The maximum Gasteiger partial charge on any atom is 0.338 e. The number of ether oxygens (including phenoxy) is 2. The van der Waals surface area contributed by atoms with Gasteiger partial charge in [0.2, 0.25) is 0 Å². The van der Waals surface area contributed by atoms with Gasteiger partial charge in [-0.1, -0.05) is 60.3 Å². The highest BCUT2D eigenvalue weighted by molar-refractivity contribution is 8.00. The predicted molar refractivity (Wildman–Crippen MR) is 124 cm³/mol. The summed E-state index contributed by atoms with van der Waals surface area (Å²) in [6.07, 6.45) is 0. The summed E-state index contributed by atoms with van der Waals surface area (Å²) in [5, 5.41) is 4.01. The highest BCUT2D eigenvalue weighted by atomic mass is 32.2. The quantitative estimate of drug-likeness (QED) is 0.354. The average Bonchev–Trinajstić information content (AvgIpc) is 2.80. The van der Waals surface area contributed by atoms with E-state index in [-0.39, 0.29) is 11.9 Å². The maximum absolute atomic E-state index is 12.5. The zero-order valence-electron chi connectivity index (χ0n) is 17.8. The summed E-state index contributed by atoms with van der Waals surface area (Å²) in [7, 11) is 2.78. The van der Waals surface area contributed by atoms with Crippen LogP contribution in [0.2, 0.25) is 0 Å². The topological polar surface area (TPSA) is 52.6 Å². The Hall–Kier alpha value is -3.31. The van der Waals surface area contributed by atoms with Crippen LogP contribution in [0.15, 0.2) is 70.5 Å². The van der Waals surface area contributed by atoms with Gasteiger partial charge in [-0.25, -0.2) is 9.59 Å². The fourth-order valence-corrected chi connectivity index (χ4v) is 5.17. The molecule has 0 heterocycles. The Bertz CT molecular complexity index is 1240. The van der Waals surface area contributed by atoms with Gasteiger partial charge in [-0.15, -0.1) is 0 Å². The molecule has 4 aromatic carbocycles. The third kappa shape index (κ3) is 3.66. The second-order valence-electron chi connectivity index (χ2n) is 7.28. The SMILES string of the molecule is COC(=O)c1cc2ccccc2c(Sc2c(C)c(C(=O)OC)cc3ccccc23)c1C. The van der Waals surface area contributed by atoms with Crippen molar-refractivity contribution in [3.05, 3.63) is 82.9 Å². The number of benzene rings is 4. The van der Waals surface area contributed by atoms with E-state index in [1.165, 1.54) is 14.2 Å². The molecule has 4 aromatic rings. The van der Waals surface area contributed by atoms with E-state index in [2.05, 4.69) is 0 Å². The molecule has 156 valence electrons. The van der Waals surface area contributed by atoms with E-state index in [1.54, 1.807) is 11.8 Å². The molecule has 0 aromatic heterocycles. The molecule has 0 unspecified atom stereocenters. The third-order valence-corrected chi connectivity index (χ3v) is 6.97. The summed E-state index contributed by atoms with van der Waals surface area (Å²) < 4.78 is 10.0. The third-order valence-electron chi connectivity index (χ3n) is 5.51. The summed E-state index contributed by atoms with van der Waals surface area (Å²) in [5.41, 5.74) is 2.77. The lowest BCUT2D eigenvalue weighted by Gasteiger charge is -2.18. The Kier molecular flexibility index (Phi) is 5.70. The molecule has 0 aliphatic rings. The van der Waals surface area contributed by atoms with Gasteiger partial charge in [0.25, 0.3) is 0 Å². The first-order valence-electron chi connectivity index (χ1n) is 9.85. The molecule has 0 spiro atoms. The average molecular weight is 431 g/mol. The number of methoxy groups -OCH3 is 2. The van der Waals surface area contributed by atoms with E-state index in [9.17, 15) is 9.59 Å². The van der Waals surface area contributed by atoms with Gasteiger partial charge in [-0.2, -0.15) is 0 Å². The zero-order valence-corrected chi connectivity index (χ0v) is 18.6. The van der Waals surface area contributed by atoms with Crippen molar-refractivity contribution in [2.75, 3.05) is 14.2 Å². The Morgan fingerprint density at radius 1 is 0.677 bits per heavy atom. The second-order valence-corrected chi connectivity index (χ2v) is 8.30. The Morgan fingerprint density at radius 3 is 1.45 bits per heavy atom. The largest absolute Gasteiger partial charge is 0.465 e. The predicted octanol–water partition coefficient (Wildman–Crippen LogP) is 6.33. The molecule has 0 amide bonds. The van der Waals surface area contributed by atoms with Crippen molar-refractivity contribution in [3.63, 3.8) is 0 Å². The first-order chi connectivity index (χ1) is 15.0. The minimum absolute atomic E-state index is 0.366. The van der Waals surface area contributed by atoms with Crippen LogP contribution in [0.25, 0.3) is 21.5 Å². The van der Waals surface area contributed by atoms with E-state index in [0.29, 0.717) is 11.1 Å². The number of carbonyl (C=O) groups is 2. The number of fused-ring (bicyclic) bond motifs is 2. The molecule has 4 nitrogen and oxygen atoms in total. The number of hydrogen-bond acceptors (Lipinski definition) is 5. The van der Waals surface area contributed by atoms with Crippen molar-refractivity contribution in [2.24, 2.45) is 0 Å². The summed E-state index contributed by atoms with van der Waals surface area (Å²) in [4.78, 5) is 26.8. The van der Waals surface area contributed by atoms with E-state index in [1.807, 2.05) is 74.5 Å². The van der Waals surface area contributed by atoms with Crippen LogP contribution in [0.5, 0.6) is 0 Å². The van der Waals surface area contributed by atoms with E-state index < -0.39 is 0 Å². The molecular formula is C26H22O4S. The first kappa shape index (κ1) is 20.9. The van der Waals surface area contributed by atoms with Crippen LogP contribution in [-0.2, 0) is 9.47 Å². The molecule has 4 rings (SSSR count). The van der Waals surface area contributed by atoms with Crippen molar-refractivity contribution < 1.29 is 19.1 Å². The Labute approximate surface area is 185 Å². The van der Waals surface area contributed by atoms with Gasteiger partial charge >= 0.3 is 11.9 Å². The molecule has 0 N–H and O–H groups in total. The summed E-state index contributed by atoms with van der Waals surface area (Å²) in [6.45, 7) is 3.87. The Balaban J connectivity index is 2.02. The molecule has 0 bridgehead atoms. The fourth-order valence-electron chi connectivity index (χ4n) is 3.84. The van der Waals surface area contributed by atoms with E-state index in [4.69, 9.17) is 9.47 Å². The minimum atomic E-state index is -0.366. The van der Waals surface area contributed by atoms with Crippen LogP contribution in [0, 0.1) is 13.8 Å². The lowest BCUT2D eigenvalue weighted by molar-refractivity contribution is 0.0591. The highest BCUT2D eigenvalue weighted by Crippen LogP contribution is 2.43. The van der Waals surface area contributed by atoms with Gasteiger partial charge in [-0.3, -0.25) is 0 Å². The highest BCUT2D eigenvalue weighted by Gasteiger charge is 2.21. The molecule has 0 fully saturated rings. The van der Waals surface area contributed by atoms with E-state index >= 15 is 0 Å². The molecule has 31 heavy (non-hydrogen) atoms. The van der Waals surface area contributed by atoms with Crippen LogP contribution >= 0.6 is 11.8 Å². The number of hydrogen-bond donors (Lipinski definition) is 0. The van der Waals surface area contributed by atoms with Gasteiger partial charge in [0.05, 0.1) is 25.3 Å². The van der Waals surface area contributed by atoms with Crippen LogP contribution in [0.1, 0.15) is 31.8 Å². The fraction of sp³-hybridized carbons (Fsp3) is 0.154. The number of carbonyl (C=O) groups excluding carboxylic acids is 2. The standard InChI is InChI=1S/C26H22O4S/c1-15-21(25(27)29-3)13-17-9-5-7-11-19(17)23(15)31-24-16(2)22(26(28)30-4)14-18-10-6-8-12-20(18)24/h5-14H,1-4H3. The van der Waals surface area contributed by atoms with Crippen LogP contribution in [0.3, 0.4) is 0 Å². The van der Waals surface area contributed by atoms with Gasteiger partial charge in [0.15, 0.2) is 0 Å². The smallest absolute Gasteiger partial charge is 0.338 e. The van der Waals surface area contributed by atoms with Crippen molar-refractivity contribution in [2.45, 2.75) is 23.6 Å². The molecular weight excluding hydrogens is 408 g/mol. The number of rotatable bonds is 4. The van der Waals surface area contributed by atoms with Crippen molar-refractivity contribution in [1.29, 1.82) is 0 Å². The number of esters is 2. The molecule has 0 aliphatic carbocycles. The monoisotopic (exact) mass is 430 g/mol. The molecule has 0 atom stereocenters. The maximum atomic E-state index is 12.5. The van der Waals surface area contributed by atoms with Gasteiger partial charge in [-0.05, 0) is 58.7 Å². The van der Waals surface area contributed by atoms with Gasteiger partial charge in [0.1, 0.15) is 0 Å².